The first-order valence-electron chi connectivity index (χ1n) is 6.42. The zero-order chi connectivity index (χ0) is 14.7. The van der Waals surface area contributed by atoms with Gasteiger partial charge >= 0.3 is 12.1 Å². The van der Waals surface area contributed by atoms with Gasteiger partial charge in [0.05, 0.1) is 18.7 Å². The van der Waals surface area contributed by atoms with Gasteiger partial charge in [0.15, 0.2) is 0 Å². The van der Waals surface area contributed by atoms with Crippen molar-refractivity contribution in [3.63, 3.8) is 0 Å². The van der Waals surface area contributed by atoms with Crippen molar-refractivity contribution in [2.24, 2.45) is 0 Å². The molecular weight excluding hydrogens is 265 g/mol. The van der Waals surface area contributed by atoms with Gasteiger partial charge in [0.2, 0.25) is 0 Å². The van der Waals surface area contributed by atoms with Crippen LogP contribution in [0.3, 0.4) is 0 Å². The maximum atomic E-state index is 13.9. The fraction of sp³-hybridized carbons (Fsp3) is 0.429. The maximum absolute atomic E-state index is 13.9. The minimum atomic E-state index is -1.01. The maximum Gasteiger partial charge on any atom is 0.407 e. The van der Waals surface area contributed by atoms with Gasteiger partial charge in [-0.2, -0.15) is 0 Å². The standard InChI is InChI=1S/C14H16FNO4/c1-20-13(17)10-6-5-9(8-11(10)15)12-4-2-3-7-16(12)14(18)19/h5-6,8,12H,2-4,7H2,1H3,(H,18,19). The number of benzene rings is 1. The number of amides is 1. The summed E-state index contributed by atoms with van der Waals surface area (Å²) >= 11 is 0. The summed E-state index contributed by atoms with van der Waals surface area (Å²) in [6.45, 7) is 0.445. The Morgan fingerprint density at radius 3 is 2.75 bits per heavy atom. The van der Waals surface area contributed by atoms with Gasteiger partial charge in [-0.15, -0.1) is 0 Å². The number of hydrogen-bond acceptors (Lipinski definition) is 3. The molecule has 5 nitrogen and oxygen atoms in total. The summed E-state index contributed by atoms with van der Waals surface area (Å²) in [7, 11) is 1.18. The molecule has 1 N–H and O–H groups in total. The molecule has 1 amide bonds. The Morgan fingerprint density at radius 1 is 1.40 bits per heavy atom. The van der Waals surface area contributed by atoms with Crippen molar-refractivity contribution in [1.29, 1.82) is 0 Å². The second-order valence-corrected chi connectivity index (χ2v) is 4.72. The molecule has 1 aliphatic rings. The number of esters is 1. The monoisotopic (exact) mass is 281 g/mol. The van der Waals surface area contributed by atoms with Crippen LogP contribution in [0.4, 0.5) is 9.18 Å². The van der Waals surface area contributed by atoms with Crippen LogP contribution in [0.25, 0.3) is 0 Å². The van der Waals surface area contributed by atoms with E-state index in [-0.39, 0.29) is 11.6 Å². The van der Waals surface area contributed by atoms with E-state index >= 15 is 0 Å². The molecule has 1 fully saturated rings. The third-order valence-electron chi connectivity index (χ3n) is 3.53. The average molecular weight is 281 g/mol. The fourth-order valence-corrected chi connectivity index (χ4v) is 2.52. The highest BCUT2D eigenvalue weighted by atomic mass is 19.1. The molecule has 6 heteroatoms. The molecule has 1 atom stereocenters. The number of hydrogen-bond donors (Lipinski definition) is 1. The Bertz CT molecular complexity index is 532. The number of ether oxygens (including phenoxy) is 1. The van der Waals surface area contributed by atoms with E-state index in [2.05, 4.69) is 4.74 Å². The number of piperidine rings is 1. The molecule has 1 aromatic rings. The lowest BCUT2D eigenvalue weighted by Gasteiger charge is -2.33. The molecule has 0 radical (unpaired) electrons. The van der Waals surface area contributed by atoms with Crippen molar-refractivity contribution >= 4 is 12.1 Å². The molecule has 20 heavy (non-hydrogen) atoms. The van der Waals surface area contributed by atoms with Crippen LogP contribution in [0.15, 0.2) is 18.2 Å². The average Bonchev–Trinajstić information content (AvgIpc) is 2.46. The SMILES string of the molecule is COC(=O)c1ccc(C2CCCCN2C(=O)O)cc1F. The highest BCUT2D eigenvalue weighted by molar-refractivity contribution is 5.89. The van der Waals surface area contributed by atoms with Gasteiger partial charge in [-0.1, -0.05) is 6.07 Å². The van der Waals surface area contributed by atoms with E-state index in [4.69, 9.17) is 0 Å². The second-order valence-electron chi connectivity index (χ2n) is 4.72. The Balaban J connectivity index is 2.30. The van der Waals surface area contributed by atoms with Crippen molar-refractivity contribution in [2.75, 3.05) is 13.7 Å². The van der Waals surface area contributed by atoms with Crippen molar-refractivity contribution in [3.05, 3.63) is 35.1 Å². The van der Waals surface area contributed by atoms with Crippen LogP contribution in [0.1, 0.15) is 41.2 Å². The van der Waals surface area contributed by atoms with Gasteiger partial charge in [-0.25, -0.2) is 14.0 Å². The summed E-state index contributed by atoms with van der Waals surface area (Å²) in [6.07, 6.45) is 1.36. The number of carbonyl (C=O) groups is 2. The molecule has 1 unspecified atom stereocenters. The summed E-state index contributed by atoms with van der Waals surface area (Å²) in [6, 6.07) is 3.78. The Labute approximate surface area is 116 Å². The smallest absolute Gasteiger partial charge is 0.407 e. The van der Waals surface area contributed by atoms with Gasteiger partial charge in [0.25, 0.3) is 0 Å². The van der Waals surface area contributed by atoms with E-state index in [0.29, 0.717) is 18.5 Å². The van der Waals surface area contributed by atoms with Crippen LogP contribution in [0.5, 0.6) is 0 Å². The molecule has 0 spiro atoms. The van der Waals surface area contributed by atoms with Crippen LogP contribution >= 0.6 is 0 Å². The zero-order valence-electron chi connectivity index (χ0n) is 11.1. The first kappa shape index (κ1) is 14.3. The predicted octanol–water partition coefficient (Wildman–Crippen LogP) is 2.82. The normalized spacial score (nSPS) is 18.7. The largest absolute Gasteiger partial charge is 0.465 e. The van der Waals surface area contributed by atoms with E-state index in [1.807, 2.05) is 0 Å². The molecule has 0 aliphatic carbocycles. The van der Waals surface area contributed by atoms with Crippen molar-refractivity contribution in [2.45, 2.75) is 25.3 Å². The van der Waals surface area contributed by atoms with E-state index in [9.17, 15) is 19.1 Å². The number of rotatable bonds is 2. The Morgan fingerprint density at radius 2 is 2.15 bits per heavy atom. The lowest BCUT2D eigenvalue weighted by molar-refractivity contribution is 0.0595. The van der Waals surface area contributed by atoms with E-state index in [1.54, 1.807) is 6.07 Å². The first-order valence-corrected chi connectivity index (χ1v) is 6.42. The second kappa shape index (κ2) is 5.90. The summed E-state index contributed by atoms with van der Waals surface area (Å²) in [5, 5.41) is 9.18. The lowest BCUT2D eigenvalue weighted by Crippen LogP contribution is -2.37. The topological polar surface area (TPSA) is 66.8 Å². The summed E-state index contributed by atoms with van der Waals surface area (Å²) in [4.78, 5) is 23.8. The van der Waals surface area contributed by atoms with Gasteiger partial charge in [-0.3, -0.25) is 0 Å². The lowest BCUT2D eigenvalue weighted by atomic mass is 9.94. The van der Waals surface area contributed by atoms with Gasteiger partial charge in [0, 0.05) is 6.54 Å². The zero-order valence-corrected chi connectivity index (χ0v) is 11.1. The minimum absolute atomic E-state index is 0.145. The van der Waals surface area contributed by atoms with E-state index < -0.39 is 17.9 Å². The van der Waals surface area contributed by atoms with E-state index in [1.165, 1.54) is 24.1 Å². The molecule has 1 aromatic carbocycles. The van der Waals surface area contributed by atoms with Gasteiger partial charge < -0.3 is 14.7 Å². The Kier molecular flexibility index (Phi) is 4.22. The quantitative estimate of drug-likeness (QED) is 0.846. The molecule has 0 bridgehead atoms. The molecule has 1 heterocycles. The third kappa shape index (κ3) is 2.74. The van der Waals surface area contributed by atoms with Gasteiger partial charge in [-0.05, 0) is 37.0 Å². The highest BCUT2D eigenvalue weighted by Crippen LogP contribution is 2.31. The third-order valence-corrected chi connectivity index (χ3v) is 3.53. The summed E-state index contributed by atoms with van der Waals surface area (Å²) in [5.74, 6) is -1.43. The van der Waals surface area contributed by atoms with E-state index in [0.717, 1.165) is 12.8 Å². The molecule has 1 saturated heterocycles. The summed E-state index contributed by atoms with van der Waals surface area (Å²) < 4.78 is 18.4. The Hall–Kier alpha value is -2.11. The van der Waals surface area contributed by atoms with Crippen LogP contribution in [-0.4, -0.2) is 35.7 Å². The first-order chi connectivity index (χ1) is 9.54. The minimum Gasteiger partial charge on any atom is -0.465 e. The number of methoxy groups -OCH3 is 1. The van der Waals surface area contributed by atoms with Crippen LogP contribution in [-0.2, 0) is 4.74 Å². The summed E-state index contributed by atoms with van der Waals surface area (Å²) in [5.41, 5.74) is 0.422. The molecule has 2 rings (SSSR count). The van der Waals surface area contributed by atoms with Crippen LogP contribution in [0, 0.1) is 5.82 Å². The predicted molar refractivity (Wildman–Crippen MR) is 69.1 cm³/mol. The van der Waals surface area contributed by atoms with Crippen molar-refractivity contribution in [3.8, 4) is 0 Å². The van der Waals surface area contributed by atoms with Gasteiger partial charge in [0.1, 0.15) is 5.82 Å². The molecule has 0 aromatic heterocycles. The van der Waals surface area contributed by atoms with Crippen LogP contribution < -0.4 is 0 Å². The fourth-order valence-electron chi connectivity index (χ4n) is 2.52. The van der Waals surface area contributed by atoms with Crippen LogP contribution in [0.2, 0.25) is 0 Å². The number of carboxylic acid groups (broad SMARTS) is 1. The number of nitrogens with zero attached hydrogens (tertiary/aromatic N) is 1. The van der Waals surface area contributed by atoms with Crippen molar-refractivity contribution in [1.82, 2.24) is 4.90 Å². The molecule has 108 valence electrons. The van der Waals surface area contributed by atoms with Crippen molar-refractivity contribution < 1.29 is 23.8 Å². The number of halogens is 1. The number of carbonyl (C=O) groups excluding carboxylic acids is 1. The highest BCUT2D eigenvalue weighted by Gasteiger charge is 2.28. The number of likely N-dealkylation sites (tertiary alicyclic amines) is 1. The molecule has 1 aliphatic heterocycles. The molecule has 0 saturated carbocycles. The molecular formula is C14H16FNO4.